The van der Waals surface area contributed by atoms with Crippen LogP contribution in [0.3, 0.4) is 0 Å². The summed E-state index contributed by atoms with van der Waals surface area (Å²) in [4.78, 5) is 0. The molecule has 0 unspecified atom stereocenters. The van der Waals surface area contributed by atoms with Gasteiger partial charge in [0, 0.05) is 26.1 Å². The highest BCUT2D eigenvalue weighted by atomic mass is 32.3. The lowest BCUT2D eigenvalue weighted by atomic mass is 10.2. The fourth-order valence-electron chi connectivity index (χ4n) is 2.12. The van der Waals surface area contributed by atoms with Gasteiger partial charge in [-0.15, -0.1) is 0 Å². The van der Waals surface area contributed by atoms with Gasteiger partial charge < -0.3 is 5.11 Å². The lowest BCUT2D eigenvalue weighted by molar-refractivity contribution is -0.165. The summed E-state index contributed by atoms with van der Waals surface area (Å²) >= 11 is 0. The number of rotatable bonds is 9. The highest BCUT2D eigenvalue weighted by molar-refractivity contribution is 8.13. The molecule has 28 heavy (non-hydrogen) atoms. The zero-order valence-electron chi connectivity index (χ0n) is 13.8. The molecule has 1 saturated heterocycles. The normalized spacial score (nSPS) is 19.0. The molecular formula is C10H16F6N2O7S3. The van der Waals surface area contributed by atoms with Crippen molar-refractivity contribution in [3.63, 3.8) is 0 Å². The molecule has 1 fully saturated rings. The topological polar surface area (TPSA) is 138 Å². The maximum Gasteiger partial charge on any atom is 0.474 e. The Hall–Kier alpha value is -0.690. The number of hydrogen-bond acceptors (Lipinski definition) is 7. The smallest absolute Gasteiger partial charge is 0.396 e. The number of sulfonamides is 3. The average molecular weight is 486 g/mol. The molecule has 18 heteroatoms. The van der Waals surface area contributed by atoms with E-state index in [1.165, 1.54) is 0 Å². The van der Waals surface area contributed by atoms with E-state index in [1.807, 2.05) is 0 Å². The van der Waals surface area contributed by atoms with Crippen LogP contribution in [-0.4, -0.2) is 70.1 Å². The van der Waals surface area contributed by atoms with E-state index in [9.17, 15) is 51.6 Å². The van der Waals surface area contributed by atoms with Gasteiger partial charge in [0.05, 0.1) is 0 Å². The van der Waals surface area contributed by atoms with Gasteiger partial charge in [-0.25, -0.2) is 25.3 Å². The summed E-state index contributed by atoms with van der Waals surface area (Å²) in [6.45, 7) is -2.72. The van der Waals surface area contributed by atoms with Gasteiger partial charge in [0.1, 0.15) is 0 Å². The molecular weight excluding hydrogens is 470 g/mol. The molecule has 0 saturated carbocycles. The van der Waals surface area contributed by atoms with E-state index in [1.54, 1.807) is 0 Å². The highest BCUT2D eigenvalue weighted by Crippen LogP contribution is 2.42. The summed E-state index contributed by atoms with van der Waals surface area (Å²) in [6.07, 6.45) is -1.56. The molecule has 0 aliphatic carbocycles. The Balaban J connectivity index is 3.31. The van der Waals surface area contributed by atoms with Gasteiger partial charge in [-0.2, -0.15) is 30.6 Å². The number of hydrogen-bond donors (Lipinski definition) is 2. The number of nitrogens with zero attached hydrogens (tertiary/aromatic N) is 1. The largest absolute Gasteiger partial charge is 0.474 e. The van der Waals surface area contributed by atoms with Gasteiger partial charge in [0.15, 0.2) is 0 Å². The Morgan fingerprint density at radius 2 is 1.29 bits per heavy atom. The monoisotopic (exact) mass is 486 g/mol. The van der Waals surface area contributed by atoms with Gasteiger partial charge >= 0.3 is 25.8 Å². The van der Waals surface area contributed by atoms with Gasteiger partial charge in [-0.3, -0.25) is 0 Å². The van der Waals surface area contributed by atoms with E-state index >= 15 is 0 Å². The van der Waals surface area contributed by atoms with Crippen LogP contribution in [0.4, 0.5) is 26.3 Å². The van der Waals surface area contributed by atoms with Crippen molar-refractivity contribution in [3.8, 4) is 0 Å². The first kappa shape index (κ1) is 25.3. The Morgan fingerprint density at radius 3 is 1.71 bits per heavy atom. The fraction of sp³-hybridized carbons (Fsp3) is 1.00. The Kier molecular flexibility index (Phi) is 7.11. The van der Waals surface area contributed by atoms with Gasteiger partial charge in [0.2, 0.25) is 0 Å². The predicted molar refractivity (Wildman–Crippen MR) is 81.9 cm³/mol. The molecule has 168 valence electrons. The van der Waals surface area contributed by atoms with Crippen molar-refractivity contribution >= 4 is 30.1 Å². The van der Waals surface area contributed by atoms with Crippen LogP contribution in [0.25, 0.3) is 0 Å². The third-order valence-corrected chi connectivity index (χ3v) is 9.97. The molecule has 0 spiro atoms. The van der Waals surface area contributed by atoms with Crippen molar-refractivity contribution in [2.75, 3.05) is 19.7 Å². The van der Waals surface area contributed by atoms with E-state index in [4.69, 9.17) is 5.11 Å². The summed E-state index contributed by atoms with van der Waals surface area (Å²) in [6, 6.07) is 0. The number of alkyl halides is 6. The van der Waals surface area contributed by atoms with Crippen molar-refractivity contribution in [1.82, 2.24) is 8.43 Å². The molecule has 2 N–H and O–H groups in total. The Bertz CT molecular complexity index is 882. The molecule has 9 nitrogen and oxygen atoms in total. The predicted octanol–water partition coefficient (Wildman–Crippen LogP) is 0.212. The molecule has 0 aromatic heterocycles. The Labute approximate surface area is 156 Å². The summed E-state index contributed by atoms with van der Waals surface area (Å²) < 4.78 is 145. The van der Waals surface area contributed by atoms with E-state index in [2.05, 4.69) is 0 Å². The maximum atomic E-state index is 14.1. The van der Waals surface area contributed by atoms with Crippen LogP contribution in [0.1, 0.15) is 25.7 Å². The standard InChI is InChI=1S/C10H16F6N2O7S3/c11-8(12,4-7-19)9(13,14)26(20,21)17-27(22,23)10(15,16)28(24,25)18-5-2-1-3-6-18/h17,19H,1-7H2. The summed E-state index contributed by atoms with van der Waals surface area (Å²) in [5, 5.41) is 2.03. The van der Waals surface area contributed by atoms with Crippen molar-refractivity contribution in [1.29, 1.82) is 0 Å². The summed E-state index contributed by atoms with van der Waals surface area (Å²) in [5.41, 5.74) is 0. The van der Waals surface area contributed by atoms with Crippen LogP contribution in [0, 0.1) is 0 Å². The molecule has 0 amide bonds. The number of aliphatic hydroxyl groups excluding tert-OH is 1. The molecule has 1 rings (SSSR count). The zero-order chi connectivity index (χ0) is 22.2. The van der Waals surface area contributed by atoms with E-state index in [0.717, 1.165) is 0 Å². The van der Waals surface area contributed by atoms with Crippen LogP contribution >= 0.6 is 0 Å². The zero-order valence-corrected chi connectivity index (χ0v) is 16.2. The first-order chi connectivity index (χ1) is 12.4. The minimum absolute atomic E-state index is 0.0286. The third-order valence-electron chi connectivity index (χ3n) is 3.68. The third kappa shape index (κ3) is 4.25. The van der Waals surface area contributed by atoms with E-state index < -0.39 is 72.0 Å². The van der Waals surface area contributed by atoms with Crippen molar-refractivity contribution < 1.29 is 56.7 Å². The van der Waals surface area contributed by atoms with E-state index in [-0.39, 0.29) is 21.3 Å². The second-order valence-corrected chi connectivity index (χ2v) is 11.7. The fourth-order valence-corrected chi connectivity index (χ4v) is 7.35. The molecule has 0 atom stereocenters. The minimum Gasteiger partial charge on any atom is -0.396 e. The first-order valence-electron chi connectivity index (χ1n) is 7.39. The van der Waals surface area contributed by atoms with Crippen LogP contribution in [0.5, 0.6) is 0 Å². The van der Waals surface area contributed by atoms with Crippen LogP contribution in [-0.2, 0) is 30.1 Å². The average Bonchev–Trinajstić information content (AvgIpc) is 2.54. The Morgan fingerprint density at radius 1 is 0.821 bits per heavy atom. The number of halogens is 6. The van der Waals surface area contributed by atoms with Crippen LogP contribution in [0.15, 0.2) is 0 Å². The van der Waals surface area contributed by atoms with Gasteiger partial charge in [-0.1, -0.05) is 10.5 Å². The molecule has 1 aliphatic heterocycles. The number of aliphatic hydroxyl groups is 1. The van der Waals surface area contributed by atoms with Crippen molar-refractivity contribution in [2.24, 2.45) is 0 Å². The second kappa shape index (κ2) is 7.86. The first-order valence-corrected chi connectivity index (χ1v) is 11.8. The lowest BCUT2D eigenvalue weighted by Crippen LogP contribution is -2.58. The number of nitrogens with one attached hydrogen (secondary N) is 1. The molecule has 1 aliphatic rings. The molecule has 0 aromatic rings. The molecule has 0 aromatic carbocycles. The van der Waals surface area contributed by atoms with E-state index in [0.29, 0.717) is 6.42 Å². The second-order valence-electron chi connectivity index (χ2n) is 5.71. The SMILES string of the molecule is O=S(=O)(NS(=O)(=O)C(F)(F)S(=O)(=O)N1CCCCC1)C(F)(F)C(F)(F)CCO. The van der Waals surface area contributed by atoms with Gasteiger partial charge in [-0.05, 0) is 12.8 Å². The maximum absolute atomic E-state index is 14.1. The quantitative estimate of drug-likeness (QED) is 0.445. The molecule has 1 heterocycles. The molecule has 0 bridgehead atoms. The van der Waals surface area contributed by atoms with Crippen molar-refractivity contribution in [2.45, 2.75) is 41.4 Å². The molecule has 0 radical (unpaired) electrons. The highest BCUT2D eigenvalue weighted by Gasteiger charge is 2.69. The minimum atomic E-state index is -7.07. The van der Waals surface area contributed by atoms with Crippen molar-refractivity contribution in [3.05, 3.63) is 0 Å². The van der Waals surface area contributed by atoms with Crippen LogP contribution in [0.2, 0.25) is 0 Å². The lowest BCUT2D eigenvalue weighted by Gasteiger charge is -2.30. The summed E-state index contributed by atoms with van der Waals surface area (Å²) in [5.74, 6) is -5.55. The summed E-state index contributed by atoms with van der Waals surface area (Å²) in [7, 11) is -20.1. The van der Waals surface area contributed by atoms with Crippen LogP contribution < -0.4 is 4.13 Å². The number of piperidine rings is 1. The van der Waals surface area contributed by atoms with Gasteiger partial charge in [0.25, 0.3) is 20.0 Å².